The summed E-state index contributed by atoms with van der Waals surface area (Å²) in [6.45, 7) is 6.87. The van der Waals surface area contributed by atoms with Crippen molar-refractivity contribution in [2.45, 2.75) is 51.5 Å². The van der Waals surface area contributed by atoms with Crippen LogP contribution in [0.2, 0.25) is 0 Å². The van der Waals surface area contributed by atoms with Crippen molar-refractivity contribution in [3.63, 3.8) is 0 Å². The molecule has 168 valence electrons. The molecule has 0 bridgehead atoms. The van der Waals surface area contributed by atoms with Crippen LogP contribution < -0.4 is 10.2 Å². The van der Waals surface area contributed by atoms with E-state index in [9.17, 15) is 9.59 Å². The topological polar surface area (TPSA) is 52.7 Å². The Kier molecular flexibility index (Phi) is 7.22. The summed E-state index contributed by atoms with van der Waals surface area (Å²) >= 11 is 1.77. The van der Waals surface area contributed by atoms with E-state index in [1.54, 1.807) is 35.6 Å². The zero-order chi connectivity index (χ0) is 22.5. The zero-order valence-electron chi connectivity index (χ0n) is 18.8. The highest BCUT2D eigenvalue weighted by Crippen LogP contribution is 2.38. The predicted octanol–water partition coefficient (Wildman–Crippen LogP) is 6.46. The van der Waals surface area contributed by atoms with Crippen LogP contribution >= 0.6 is 11.3 Å². The molecule has 2 heterocycles. The number of carbonyl (C=O) groups is 2. The molecular weight excluding hydrogens is 418 g/mol. The lowest BCUT2D eigenvalue weighted by Crippen LogP contribution is -2.40. The Morgan fingerprint density at radius 1 is 1.16 bits per heavy atom. The van der Waals surface area contributed by atoms with Crippen molar-refractivity contribution in [2.75, 3.05) is 23.3 Å². The number of hydrogen-bond donors (Lipinski definition) is 1. The van der Waals surface area contributed by atoms with Gasteiger partial charge >= 0.3 is 6.03 Å². The maximum Gasteiger partial charge on any atom is 0.332 e. The van der Waals surface area contributed by atoms with E-state index in [1.165, 1.54) is 41.3 Å². The number of imide groups is 1. The molecule has 0 saturated carbocycles. The summed E-state index contributed by atoms with van der Waals surface area (Å²) < 4.78 is 1.23. The highest BCUT2D eigenvalue weighted by molar-refractivity contribution is 7.17. The van der Waals surface area contributed by atoms with Crippen molar-refractivity contribution >= 4 is 45.2 Å². The highest BCUT2D eigenvalue weighted by atomic mass is 32.1. The second-order valence-electron chi connectivity index (χ2n) is 8.42. The molecule has 0 atom stereocenters. The molecule has 0 spiro atoms. The van der Waals surface area contributed by atoms with Crippen LogP contribution in [0.4, 0.5) is 16.2 Å². The van der Waals surface area contributed by atoms with Gasteiger partial charge in [0.1, 0.15) is 0 Å². The van der Waals surface area contributed by atoms with Gasteiger partial charge in [0.05, 0.1) is 5.69 Å². The summed E-state index contributed by atoms with van der Waals surface area (Å²) in [6, 6.07) is 15.2. The molecule has 6 heteroatoms. The lowest BCUT2D eigenvalue weighted by molar-refractivity contribution is -0.106. The molecule has 2 aromatic carbocycles. The van der Waals surface area contributed by atoms with Crippen LogP contribution in [-0.4, -0.2) is 36.5 Å². The summed E-state index contributed by atoms with van der Waals surface area (Å²) in [6.07, 6.45) is 5.32. The number of piperidine rings is 1. The number of benzene rings is 2. The summed E-state index contributed by atoms with van der Waals surface area (Å²) in [5.41, 5.74) is 2.64. The molecule has 0 radical (unpaired) electrons. The van der Waals surface area contributed by atoms with E-state index in [-0.39, 0.29) is 0 Å². The van der Waals surface area contributed by atoms with Crippen LogP contribution in [0.5, 0.6) is 0 Å². The normalized spacial score (nSPS) is 15.2. The van der Waals surface area contributed by atoms with Gasteiger partial charge in [-0.25, -0.2) is 9.69 Å². The summed E-state index contributed by atoms with van der Waals surface area (Å²) in [5.74, 6) is 0.552. The number of carbonyl (C=O) groups excluding carboxylic acids is 2. The number of anilines is 2. The van der Waals surface area contributed by atoms with E-state index in [0.29, 0.717) is 29.7 Å². The molecule has 0 unspecified atom stereocenters. The monoisotopic (exact) mass is 449 g/mol. The number of fused-ring (bicyclic) bond motifs is 1. The molecule has 1 N–H and O–H groups in total. The lowest BCUT2D eigenvalue weighted by Gasteiger charge is -2.37. The SMILES string of the molecule is CCC(CC)N1CCC(c2csc3ccc(NC(=O)N(C=O)c4ccccc4)cc23)CC1. The van der Waals surface area contributed by atoms with E-state index in [2.05, 4.69) is 41.6 Å². The fourth-order valence-corrected chi connectivity index (χ4v) is 5.85. The van der Waals surface area contributed by atoms with Crippen LogP contribution in [0.1, 0.15) is 51.0 Å². The molecule has 3 aromatic rings. The minimum Gasteiger partial charge on any atom is -0.307 e. The first-order valence-electron chi connectivity index (χ1n) is 11.5. The minimum atomic E-state index is -0.458. The molecule has 1 fully saturated rings. The summed E-state index contributed by atoms with van der Waals surface area (Å²) in [4.78, 5) is 28.0. The van der Waals surface area contributed by atoms with Crippen LogP contribution in [0.15, 0.2) is 53.9 Å². The van der Waals surface area contributed by atoms with Crippen LogP contribution in [0, 0.1) is 0 Å². The molecular formula is C26H31N3O2S. The van der Waals surface area contributed by atoms with Crippen molar-refractivity contribution in [3.8, 4) is 0 Å². The molecule has 1 aliphatic heterocycles. The second-order valence-corrected chi connectivity index (χ2v) is 9.33. The van der Waals surface area contributed by atoms with E-state index in [4.69, 9.17) is 0 Å². The van der Waals surface area contributed by atoms with Gasteiger partial charge in [0.2, 0.25) is 6.41 Å². The standard InChI is InChI=1S/C26H31N3O2S/c1-3-21(4-2)28-14-12-19(13-15-28)24-17-32-25-11-10-20(16-23(24)25)27-26(31)29(18-30)22-8-6-5-7-9-22/h5-11,16-19,21H,3-4,12-15H2,1-2H3,(H,27,31). The number of hydrogen-bond acceptors (Lipinski definition) is 4. The number of urea groups is 1. The largest absolute Gasteiger partial charge is 0.332 e. The Morgan fingerprint density at radius 3 is 2.53 bits per heavy atom. The second kappa shape index (κ2) is 10.3. The van der Waals surface area contributed by atoms with E-state index < -0.39 is 6.03 Å². The zero-order valence-corrected chi connectivity index (χ0v) is 19.6. The van der Waals surface area contributed by atoms with Gasteiger partial charge in [-0.2, -0.15) is 0 Å². The minimum absolute atomic E-state index is 0.458. The number of amides is 3. The number of nitrogens with zero attached hydrogens (tertiary/aromatic N) is 2. The van der Waals surface area contributed by atoms with E-state index in [0.717, 1.165) is 18.0 Å². The molecule has 1 aromatic heterocycles. The molecule has 1 aliphatic rings. The van der Waals surface area contributed by atoms with Crippen molar-refractivity contribution in [1.82, 2.24) is 4.90 Å². The maximum absolute atomic E-state index is 12.7. The van der Waals surface area contributed by atoms with Crippen molar-refractivity contribution in [3.05, 3.63) is 59.5 Å². The number of likely N-dealkylation sites (tertiary alicyclic amines) is 1. The molecule has 32 heavy (non-hydrogen) atoms. The fraction of sp³-hybridized carbons (Fsp3) is 0.385. The van der Waals surface area contributed by atoms with Crippen LogP contribution in [-0.2, 0) is 4.79 Å². The number of rotatable bonds is 7. The molecule has 3 amide bonds. The van der Waals surface area contributed by atoms with Crippen LogP contribution in [0.3, 0.4) is 0 Å². The van der Waals surface area contributed by atoms with Gasteiger partial charge in [-0.15, -0.1) is 11.3 Å². The Hall–Kier alpha value is -2.70. The number of para-hydroxylation sites is 1. The number of nitrogens with one attached hydrogen (secondary N) is 1. The third-order valence-corrected chi connectivity index (χ3v) is 7.62. The smallest absolute Gasteiger partial charge is 0.307 e. The van der Waals surface area contributed by atoms with Crippen LogP contribution in [0.25, 0.3) is 10.1 Å². The van der Waals surface area contributed by atoms with Gasteiger partial charge in [0.25, 0.3) is 0 Å². The molecule has 0 aliphatic carbocycles. The van der Waals surface area contributed by atoms with Gasteiger partial charge in [0.15, 0.2) is 0 Å². The summed E-state index contributed by atoms with van der Waals surface area (Å²) in [5, 5.41) is 6.39. The Labute approximate surface area is 194 Å². The van der Waals surface area contributed by atoms with E-state index >= 15 is 0 Å². The quantitative estimate of drug-likeness (QED) is 0.421. The molecule has 5 nitrogen and oxygen atoms in total. The lowest BCUT2D eigenvalue weighted by atomic mass is 9.88. The Balaban J connectivity index is 1.50. The highest BCUT2D eigenvalue weighted by Gasteiger charge is 2.26. The maximum atomic E-state index is 12.7. The Bertz CT molecular complexity index is 1050. The van der Waals surface area contributed by atoms with Gasteiger partial charge in [-0.05, 0) is 91.4 Å². The average molecular weight is 450 g/mol. The first kappa shape index (κ1) is 22.5. The average Bonchev–Trinajstić information content (AvgIpc) is 3.25. The first-order chi connectivity index (χ1) is 15.6. The van der Waals surface area contributed by atoms with Crippen molar-refractivity contribution in [2.24, 2.45) is 0 Å². The van der Waals surface area contributed by atoms with Crippen molar-refractivity contribution < 1.29 is 9.59 Å². The third-order valence-electron chi connectivity index (χ3n) is 6.64. The fourth-order valence-electron chi connectivity index (χ4n) is 4.82. The van der Waals surface area contributed by atoms with Gasteiger partial charge in [-0.3, -0.25) is 4.79 Å². The Morgan fingerprint density at radius 2 is 1.88 bits per heavy atom. The molecule has 4 rings (SSSR count). The van der Waals surface area contributed by atoms with Gasteiger partial charge in [0, 0.05) is 16.4 Å². The van der Waals surface area contributed by atoms with Gasteiger partial charge in [-0.1, -0.05) is 32.0 Å². The van der Waals surface area contributed by atoms with E-state index in [1.807, 2.05) is 12.1 Å². The van der Waals surface area contributed by atoms with Gasteiger partial charge < -0.3 is 10.2 Å². The third kappa shape index (κ3) is 4.71. The van der Waals surface area contributed by atoms with Crippen molar-refractivity contribution in [1.29, 1.82) is 0 Å². The molecule has 1 saturated heterocycles. The summed E-state index contributed by atoms with van der Waals surface area (Å²) in [7, 11) is 0. The number of thiophene rings is 1. The predicted molar refractivity (Wildman–Crippen MR) is 134 cm³/mol. The first-order valence-corrected chi connectivity index (χ1v) is 12.4.